The molecule has 0 bridgehead atoms. The minimum absolute atomic E-state index is 0.803. The zero-order chi connectivity index (χ0) is 14.2. The van der Waals surface area contributed by atoms with E-state index in [1.807, 2.05) is 0 Å². The smallest absolute Gasteiger partial charge is 0.00602 e. The van der Waals surface area contributed by atoms with Crippen molar-refractivity contribution in [2.75, 3.05) is 0 Å². The van der Waals surface area contributed by atoms with Crippen LogP contribution in [0.5, 0.6) is 0 Å². The average Bonchev–Trinajstić information content (AvgIpc) is 2.48. The molecule has 2 aromatic carbocycles. The molecule has 0 aliphatic rings. The van der Waals surface area contributed by atoms with E-state index in [9.17, 15) is 0 Å². The first-order valence-corrected chi connectivity index (χ1v) is 8.85. The van der Waals surface area contributed by atoms with Gasteiger partial charge in [-0.1, -0.05) is 89.9 Å². The molecule has 106 valence electrons. The number of hydrogen-bond donors (Lipinski definition) is 0. The number of hydrogen-bond acceptors (Lipinski definition) is 0. The Balaban J connectivity index is 1.85. The van der Waals surface area contributed by atoms with Gasteiger partial charge in [-0.05, 0) is 34.9 Å². The summed E-state index contributed by atoms with van der Waals surface area (Å²) in [6, 6.07) is 20.0. The van der Waals surface area contributed by atoms with E-state index in [1.54, 1.807) is 0 Å². The Hall–Kier alpha value is -1.13. The minimum Gasteiger partial charge on any atom is -0.0859 e. The maximum Gasteiger partial charge on any atom is -0.00602 e. The van der Waals surface area contributed by atoms with Gasteiger partial charge in [0.2, 0.25) is 0 Å². The lowest BCUT2D eigenvalue weighted by Crippen LogP contribution is -1.99. The molecular weight excluding hydrogens is 259 g/mol. The average molecular weight is 284 g/mol. The van der Waals surface area contributed by atoms with Crippen LogP contribution in [-0.4, -0.2) is 0 Å². The third-order valence-corrected chi connectivity index (χ3v) is 4.99. The highest BCUT2D eigenvalue weighted by Crippen LogP contribution is 2.20. The predicted octanol–water partition coefficient (Wildman–Crippen LogP) is 5.17. The lowest BCUT2D eigenvalue weighted by Gasteiger charge is -2.10. The fraction of sp³-hybridized carbons (Fsp3) is 0.368. The Morgan fingerprint density at radius 3 is 2.20 bits per heavy atom. The van der Waals surface area contributed by atoms with Crippen LogP contribution in [0, 0.1) is 5.92 Å². The topological polar surface area (TPSA) is 0 Å². The van der Waals surface area contributed by atoms with Gasteiger partial charge in [-0.3, -0.25) is 0 Å². The number of rotatable bonds is 7. The quantitative estimate of drug-likeness (QED) is 0.615. The van der Waals surface area contributed by atoms with Crippen LogP contribution in [0.15, 0.2) is 54.6 Å². The summed E-state index contributed by atoms with van der Waals surface area (Å²) < 4.78 is 0. The molecular formula is C19H25P. The van der Waals surface area contributed by atoms with Gasteiger partial charge in [-0.15, -0.1) is 0 Å². The second kappa shape index (κ2) is 8.22. The van der Waals surface area contributed by atoms with Gasteiger partial charge >= 0.3 is 0 Å². The van der Waals surface area contributed by atoms with Gasteiger partial charge in [0.05, 0.1) is 0 Å². The van der Waals surface area contributed by atoms with Gasteiger partial charge in [0.1, 0.15) is 0 Å². The van der Waals surface area contributed by atoms with Crippen molar-refractivity contribution in [2.45, 2.75) is 39.3 Å². The maximum absolute atomic E-state index is 2.36. The Bertz CT molecular complexity index is 487. The second-order valence-electron chi connectivity index (χ2n) is 5.63. The van der Waals surface area contributed by atoms with Crippen molar-refractivity contribution in [1.29, 1.82) is 0 Å². The fourth-order valence-corrected chi connectivity index (χ4v) is 3.62. The standard InChI is InChI=1S/C19H25P/c1-3-7-16(2)14-17-10-12-18(13-11-17)15-20-19-8-5-4-6-9-19/h4-6,8-13,16,20H,3,7,14-15H2,1-2H3. The van der Waals surface area contributed by atoms with E-state index in [4.69, 9.17) is 0 Å². The van der Waals surface area contributed by atoms with Gasteiger partial charge in [0, 0.05) is 0 Å². The molecule has 0 amide bonds. The van der Waals surface area contributed by atoms with Crippen LogP contribution >= 0.6 is 8.58 Å². The summed E-state index contributed by atoms with van der Waals surface area (Å²) in [6.45, 7) is 4.62. The van der Waals surface area contributed by atoms with Crippen molar-refractivity contribution in [3.05, 3.63) is 65.7 Å². The molecule has 2 unspecified atom stereocenters. The van der Waals surface area contributed by atoms with Gasteiger partial charge < -0.3 is 0 Å². The summed E-state index contributed by atoms with van der Waals surface area (Å²) in [5, 5.41) is 1.45. The van der Waals surface area contributed by atoms with Crippen LogP contribution in [0.4, 0.5) is 0 Å². The molecule has 2 aromatic rings. The van der Waals surface area contributed by atoms with E-state index < -0.39 is 0 Å². The van der Waals surface area contributed by atoms with Crippen LogP contribution in [0.3, 0.4) is 0 Å². The maximum atomic E-state index is 2.36. The van der Waals surface area contributed by atoms with Crippen LogP contribution in [0.2, 0.25) is 0 Å². The third kappa shape index (κ3) is 5.10. The molecule has 0 nitrogen and oxygen atoms in total. The molecule has 0 aliphatic heterocycles. The summed E-state index contributed by atoms with van der Waals surface area (Å²) in [7, 11) is 0.875. The zero-order valence-electron chi connectivity index (χ0n) is 12.6. The van der Waals surface area contributed by atoms with Crippen LogP contribution in [-0.2, 0) is 12.6 Å². The van der Waals surface area contributed by atoms with E-state index in [0.717, 1.165) is 20.7 Å². The van der Waals surface area contributed by atoms with Gasteiger partial charge in [-0.2, -0.15) is 0 Å². The minimum atomic E-state index is 0.803. The lowest BCUT2D eigenvalue weighted by atomic mass is 9.96. The van der Waals surface area contributed by atoms with Crippen molar-refractivity contribution in [1.82, 2.24) is 0 Å². The molecule has 0 heterocycles. The van der Waals surface area contributed by atoms with Crippen LogP contribution < -0.4 is 5.30 Å². The molecule has 0 saturated carbocycles. The molecule has 0 N–H and O–H groups in total. The molecule has 0 aliphatic carbocycles. The largest absolute Gasteiger partial charge is 0.0859 e. The van der Waals surface area contributed by atoms with E-state index in [-0.39, 0.29) is 0 Å². The predicted molar refractivity (Wildman–Crippen MR) is 92.3 cm³/mol. The van der Waals surface area contributed by atoms with E-state index in [1.165, 1.54) is 35.7 Å². The Labute approximate surface area is 125 Å². The molecule has 0 saturated heterocycles. The SMILES string of the molecule is CCCC(C)Cc1ccc(CPc2ccccc2)cc1. The summed E-state index contributed by atoms with van der Waals surface area (Å²) in [4.78, 5) is 0. The van der Waals surface area contributed by atoms with Gasteiger partial charge in [0.25, 0.3) is 0 Å². The first-order valence-electron chi connectivity index (χ1n) is 7.64. The molecule has 2 rings (SSSR count). The zero-order valence-corrected chi connectivity index (χ0v) is 13.6. The molecule has 0 aromatic heterocycles. The van der Waals surface area contributed by atoms with E-state index in [0.29, 0.717) is 0 Å². The second-order valence-corrected chi connectivity index (χ2v) is 6.92. The Morgan fingerprint density at radius 2 is 1.55 bits per heavy atom. The van der Waals surface area contributed by atoms with Crippen LogP contribution in [0.25, 0.3) is 0 Å². The molecule has 0 fully saturated rings. The molecule has 0 radical (unpaired) electrons. The third-order valence-electron chi connectivity index (χ3n) is 3.66. The lowest BCUT2D eigenvalue weighted by molar-refractivity contribution is 0.522. The fourth-order valence-electron chi connectivity index (χ4n) is 2.55. The van der Waals surface area contributed by atoms with Gasteiger partial charge in [-0.25, -0.2) is 0 Å². The van der Waals surface area contributed by atoms with Crippen molar-refractivity contribution in [2.24, 2.45) is 5.92 Å². The van der Waals surface area contributed by atoms with Crippen LogP contribution in [0.1, 0.15) is 37.8 Å². The van der Waals surface area contributed by atoms with Gasteiger partial charge in [0.15, 0.2) is 0 Å². The van der Waals surface area contributed by atoms with Crippen molar-refractivity contribution < 1.29 is 0 Å². The Morgan fingerprint density at radius 1 is 0.900 bits per heavy atom. The summed E-state index contributed by atoms with van der Waals surface area (Å²) in [5.74, 6) is 0.803. The van der Waals surface area contributed by atoms with Crippen molar-refractivity contribution in [3.63, 3.8) is 0 Å². The van der Waals surface area contributed by atoms with E-state index in [2.05, 4.69) is 68.4 Å². The monoisotopic (exact) mass is 284 g/mol. The number of benzene rings is 2. The highest BCUT2D eigenvalue weighted by atomic mass is 31.1. The first kappa shape index (κ1) is 15.3. The van der Waals surface area contributed by atoms with Crippen molar-refractivity contribution in [3.8, 4) is 0 Å². The molecule has 20 heavy (non-hydrogen) atoms. The molecule has 0 spiro atoms. The normalized spacial score (nSPS) is 12.9. The van der Waals surface area contributed by atoms with Crippen molar-refractivity contribution >= 4 is 13.9 Å². The Kier molecular flexibility index (Phi) is 6.27. The summed E-state index contributed by atoms with van der Waals surface area (Å²) >= 11 is 0. The summed E-state index contributed by atoms with van der Waals surface area (Å²) in [5.41, 5.74) is 2.94. The molecule has 1 heteroatoms. The summed E-state index contributed by atoms with van der Waals surface area (Å²) in [6.07, 6.45) is 5.00. The first-order chi connectivity index (χ1) is 9.78. The van der Waals surface area contributed by atoms with E-state index >= 15 is 0 Å². The highest BCUT2D eigenvalue weighted by molar-refractivity contribution is 7.46. The molecule has 2 atom stereocenters. The highest BCUT2D eigenvalue weighted by Gasteiger charge is 2.03.